The summed E-state index contributed by atoms with van der Waals surface area (Å²) in [7, 11) is 0. The first-order valence-electron chi connectivity index (χ1n) is 11.0. The maximum Gasteiger partial charge on any atom is 0.422 e. The van der Waals surface area contributed by atoms with Crippen LogP contribution < -0.4 is 0 Å². The van der Waals surface area contributed by atoms with Gasteiger partial charge in [0.05, 0.1) is 6.54 Å². The molecule has 0 saturated heterocycles. The van der Waals surface area contributed by atoms with E-state index in [0.717, 1.165) is 22.3 Å². The molecule has 0 radical (unpaired) electrons. The Balaban J connectivity index is 1.33. The molecule has 178 valence electrons. The molecule has 9 heteroatoms. The number of hydrogen-bond acceptors (Lipinski definition) is 5. The van der Waals surface area contributed by atoms with Crippen molar-refractivity contribution in [2.24, 2.45) is 0 Å². The van der Waals surface area contributed by atoms with E-state index in [0.29, 0.717) is 6.92 Å². The van der Waals surface area contributed by atoms with E-state index in [4.69, 9.17) is 9.26 Å². The number of fused-ring (bicyclic) bond motifs is 4. The molecule has 6 nitrogen and oxygen atoms in total. The Labute approximate surface area is 193 Å². The van der Waals surface area contributed by atoms with E-state index in [2.05, 4.69) is 5.16 Å². The number of carbonyl (C=O) groups excluding carboxylic acids is 1. The Kier molecular flexibility index (Phi) is 5.20. The third-order valence-corrected chi connectivity index (χ3v) is 6.73. The highest BCUT2D eigenvalue weighted by Gasteiger charge is 2.55. The van der Waals surface area contributed by atoms with Crippen LogP contribution in [-0.2, 0) is 16.9 Å². The number of aromatic nitrogens is 1. The van der Waals surface area contributed by atoms with Gasteiger partial charge in [-0.25, -0.2) is 4.79 Å². The molecule has 2 aromatic carbocycles. The Hall–Kier alpha value is -3.33. The van der Waals surface area contributed by atoms with Crippen LogP contribution in [0.4, 0.5) is 18.0 Å². The van der Waals surface area contributed by atoms with Crippen molar-refractivity contribution in [3.05, 3.63) is 76.7 Å². The first-order chi connectivity index (χ1) is 16.1. The maximum atomic E-state index is 13.3. The van der Waals surface area contributed by atoms with Gasteiger partial charge in [-0.3, -0.25) is 4.90 Å². The highest BCUT2D eigenvalue weighted by molar-refractivity contribution is 5.79. The van der Waals surface area contributed by atoms with Crippen molar-refractivity contribution in [3.63, 3.8) is 0 Å². The summed E-state index contributed by atoms with van der Waals surface area (Å²) in [5.41, 5.74) is 0.868. The molecule has 1 aliphatic carbocycles. The number of ether oxygens (including phenoxy) is 1. The van der Waals surface area contributed by atoms with Gasteiger partial charge >= 0.3 is 12.3 Å². The van der Waals surface area contributed by atoms with Crippen molar-refractivity contribution in [1.29, 1.82) is 0 Å². The topological polar surface area (TPSA) is 75.8 Å². The highest BCUT2D eigenvalue weighted by Crippen LogP contribution is 2.45. The monoisotopic (exact) mass is 472 g/mol. The Morgan fingerprint density at radius 1 is 1.15 bits per heavy atom. The van der Waals surface area contributed by atoms with Crippen LogP contribution in [0.15, 0.2) is 53.1 Å². The van der Waals surface area contributed by atoms with Gasteiger partial charge in [0.2, 0.25) is 5.60 Å². The van der Waals surface area contributed by atoms with E-state index in [1.807, 2.05) is 48.5 Å². The summed E-state index contributed by atoms with van der Waals surface area (Å²) >= 11 is 0. The highest BCUT2D eigenvalue weighted by atomic mass is 19.4. The second-order valence-electron chi connectivity index (χ2n) is 9.02. The fraction of sp³-hybridized carbons (Fsp3) is 0.360. The molecule has 1 aliphatic heterocycles. The van der Waals surface area contributed by atoms with Gasteiger partial charge in [-0.15, -0.1) is 0 Å². The minimum atomic E-state index is -4.92. The quantitative estimate of drug-likeness (QED) is 0.559. The van der Waals surface area contributed by atoms with Crippen LogP contribution in [0.2, 0.25) is 0 Å². The zero-order valence-electron chi connectivity index (χ0n) is 18.6. The summed E-state index contributed by atoms with van der Waals surface area (Å²) in [6, 6.07) is 16.0. The number of alkyl halides is 3. The average molecular weight is 472 g/mol. The Morgan fingerprint density at radius 2 is 1.74 bits per heavy atom. The molecular weight excluding hydrogens is 449 g/mol. The van der Waals surface area contributed by atoms with E-state index >= 15 is 0 Å². The minimum Gasteiger partial charge on any atom is -0.448 e. The lowest BCUT2D eigenvalue weighted by Crippen LogP contribution is -2.42. The molecular formula is C25H23F3N2O4. The molecule has 0 bridgehead atoms. The Bertz CT molecular complexity index is 1210. The number of aliphatic hydroxyl groups is 1. The van der Waals surface area contributed by atoms with Gasteiger partial charge < -0.3 is 14.4 Å². The van der Waals surface area contributed by atoms with Crippen LogP contribution in [0.3, 0.4) is 0 Å². The molecule has 1 N–H and O–H groups in total. The molecule has 2 aliphatic rings. The van der Waals surface area contributed by atoms with Crippen molar-refractivity contribution >= 4 is 6.09 Å². The van der Waals surface area contributed by atoms with Gasteiger partial charge in [0.25, 0.3) is 0 Å². The fourth-order valence-electron chi connectivity index (χ4n) is 4.92. The third kappa shape index (κ3) is 3.46. The summed E-state index contributed by atoms with van der Waals surface area (Å²) in [5, 5.41) is 13.6. The van der Waals surface area contributed by atoms with Gasteiger partial charge in [-0.1, -0.05) is 60.6 Å². The van der Waals surface area contributed by atoms with Gasteiger partial charge in [-0.2, -0.15) is 13.2 Å². The maximum absolute atomic E-state index is 13.3. The van der Waals surface area contributed by atoms with E-state index in [1.165, 1.54) is 4.90 Å². The lowest BCUT2D eigenvalue weighted by Gasteiger charge is -2.32. The molecule has 0 spiro atoms. The van der Waals surface area contributed by atoms with Crippen LogP contribution in [0, 0.1) is 0 Å². The average Bonchev–Trinajstić information content (AvgIpc) is 3.37. The normalized spacial score (nSPS) is 19.2. The Morgan fingerprint density at radius 3 is 2.32 bits per heavy atom. The number of amides is 1. The lowest BCUT2D eigenvalue weighted by molar-refractivity contribution is -0.261. The second-order valence-corrected chi connectivity index (χ2v) is 9.02. The van der Waals surface area contributed by atoms with Crippen LogP contribution in [0.25, 0.3) is 11.1 Å². The molecule has 0 unspecified atom stereocenters. The summed E-state index contributed by atoms with van der Waals surface area (Å²) in [4.78, 5) is 14.3. The third-order valence-electron chi connectivity index (χ3n) is 6.73. The van der Waals surface area contributed by atoms with Gasteiger partial charge in [0.15, 0.2) is 5.76 Å². The van der Waals surface area contributed by atoms with Crippen LogP contribution in [0.1, 0.15) is 53.8 Å². The second kappa shape index (κ2) is 7.87. The standard InChI is InChI=1S/C25H23F3N2O4/c1-14-11-30(12-20-21(14)22(29-34-20)24(2,32)25(26,27)28)23(31)33-13-19-17-9-5-3-7-15(17)16-8-4-6-10-18(16)19/h3-10,14,19,32H,11-13H2,1-2H3/t14-,24+/m0/s1. The number of rotatable bonds is 3. The SMILES string of the molecule is C[C@H]1CN(C(=O)OCC2c3ccccc3-c3ccccc32)Cc2onc([C@@](C)(O)C(F)(F)F)c21. The van der Waals surface area contributed by atoms with Crippen molar-refractivity contribution in [1.82, 2.24) is 10.1 Å². The number of benzene rings is 2. The summed E-state index contributed by atoms with van der Waals surface area (Å²) in [6.45, 7) is 2.48. The first kappa shape index (κ1) is 22.5. The predicted molar refractivity (Wildman–Crippen MR) is 116 cm³/mol. The van der Waals surface area contributed by atoms with Crippen LogP contribution in [0.5, 0.6) is 0 Å². The van der Waals surface area contributed by atoms with Crippen molar-refractivity contribution < 1.29 is 32.3 Å². The van der Waals surface area contributed by atoms with Crippen molar-refractivity contribution in [2.75, 3.05) is 13.2 Å². The summed E-state index contributed by atoms with van der Waals surface area (Å²) in [6.07, 6.45) is -5.50. The van der Waals surface area contributed by atoms with Crippen molar-refractivity contribution in [2.45, 2.75) is 44.0 Å². The molecule has 34 heavy (non-hydrogen) atoms. The van der Waals surface area contributed by atoms with Gasteiger partial charge in [-0.05, 0) is 29.2 Å². The van der Waals surface area contributed by atoms with Gasteiger partial charge in [0.1, 0.15) is 12.3 Å². The summed E-state index contributed by atoms with van der Waals surface area (Å²) < 4.78 is 50.8. The van der Waals surface area contributed by atoms with E-state index in [9.17, 15) is 23.1 Å². The summed E-state index contributed by atoms with van der Waals surface area (Å²) in [5.74, 6) is -0.515. The fourth-order valence-corrected chi connectivity index (χ4v) is 4.92. The molecule has 2 heterocycles. The molecule has 2 atom stereocenters. The van der Waals surface area contributed by atoms with Crippen LogP contribution in [-0.4, -0.2) is 40.6 Å². The van der Waals surface area contributed by atoms with E-state index in [1.54, 1.807) is 6.92 Å². The number of hydrogen-bond donors (Lipinski definition) is 1. The zero-order chi connectivity index (χ0) is 24.3. The number of carbonyl (C=O) groups is 1. The molecule has 0 fully saturated rings. The minimum absolute atomic E-state index is 0.0860. The molecule has 0 saturated carbocycles. The van der Waals surface area contributed by atoms with E-state index in [-0.39, 0.29) is 36.9 Å². The smallest absolute Gasteiger partial charge is 0.422 e. The molecule has 3 aromatic rings. The van der Waals surface area contributed by atoms with Crippen LogP contribution >= 0.6 is 0 Å². The molecule has 5 rings (SSSR count). The lowest BCUT2D eigenvalue weighted by atomic mass is 9.88. The first-order valence-corrected chi connectivity index (χ1v) is 11.0. The molecule has 1 aromatic heterocycles. The number of nitrogens with zero attached hydrogens (tertiary/aromatic N) is 2. The van der Waals surface area contributed by atoms with Crippen molar-refractivity contribution in [3.8, 4) is 11.1 Å². The van der Waals surface area contributed by atoms with E-state index < -0.39 is 29.5 Å². The predicted octanol–water partition coefficient (Wildman–Crippen LogP) is 5.31. The molecule has 1 amide bonds. The van der Waals surface area contributed by atoms with Gasteiger partial charge in [0, 0.05) is 23.9 Å². The number of halogens is 3. The zero-order valence-corrected chi connectivity index (χ0v) is 18.6. The largest absolute Gasteiger partial charge is 0.448 e.